The van der Waals surface area contributed by atoms with Crippen LogP contribution in [-0.2, 0) is 9.59 Å². The third-order valence-corrected chi connectivity index (χ3v) is 4.39. The van der Waals surface area contributed by atoms with Gasteiger partial charge in [-0.15, -0.1) is 0 Å². The van der Waals surface area contributed by atoms with Crippen molar-refractivity contribution in [2.45, 2.75) is 31.9 Å². The standard InChI is InChI=1S/C13H20F3N3O2/c14-13(15,16)8-19-10(20)6-18-11(21)12-4-2-1-3-9(12)5-17-7-12/h9,17H,1-8H2,(H,18,21)(H,19,20)/t9-,12+/m0/s1. The van der Waals surface area contributed by atoms with Gasteiger partial charge in [-0.05, 0) is 25.3 Å². The Bertz CT molecular complexity index is 414. The van der Waals surface area contributed by atoms with Crippen molar-refractivity contribution in [1.29, 1.82) is 0 Å². The quantitative estimate of drug-likeness (QED) is 0.711. The first kappa shape index (κ1) is 16.1. The van der Waals surface area contributed by atoms with E-state index in [1.807, 2.05) is 0 Å². The van der Waals surface area contributed by atoms with Crippen LogP contribution in [0.1, 0.15) is 25.7 Å². The fourth-order valence-electron chi connectivity index (χ4n) is 3.29. The highest BCUT2D eigenvalue weighted by Gasteiger charge is 2.49. The van der Waals surface area contributed by atoms with Crippen LogP contribution in [0.25, 0.3) is 0 Å². The Hall–Kier alpha value is -1.31. The monoisotopic (exact) mass is 307 g/mol. The minimum atomic E-state index is -4.44. The van der Waals surface area contributed by atoms with E-state index in [1.54, 1.807) is 5.32 Å². The minimum absolute atomic E-state index is 0.223. The summed E-state index contributed by atoms with van der Waals surface area (Å²) in [5.74, 6) is -0.792. The predicted molar refractivity (Wildman–Crippen MR) is 69.3 cm³/mol. The molecule has 0 spiro atoms. The van der Waals surface area contributed by atoms with Gasteiger partial charge in [0.05, 0.1) is 12.0 Å². The van der Waals surface area contributed by atoms with Gasteiger partial charge in [-0.25, -0.2) is 0 Å². The summed E-state index contributed by atoms with van der Waals surface area (Å²) < 4.78 is 35.9. The number of fused-ring (bicyclic) bond motifs is 1. The van der Waals surface area contributed by atoms with E-state index >= 15 is 0 Å². The summed E-state index contributed by atoms with van der Waals surface area (Å²) in [6.07, 6.45) is -0.650. The van der Waals surface area contributed by atoms with Gasteiger partial charge >= 0.3 is 6.18 Å². The molecule has 1 saturated heterocycles. The van der Waals surface area contributed by atoms with E-state index < -0.39 is 30.6 Å². The van der Waals surface area contributed by atoms with Crippen molar-refractivity contribution < 1.29 is 22.8 Å². The van der Waals surface area contributed by atoms with Crippen molar-refractivity contribution in [3.63, 3.8) is 0 Å². The molecule has 2 fully saturated rings. The molecule has 8 heteroatoms. The lowest BCUT2D eigenvalue weighted by Gasteiger charge is -2.37. The Morgan fingerprint density at radius 1 is 1.24 bits per heavy atom. The maximum Gasteiger partial charge on any atom is 0.405 e. The van der Waals surface area contributed by atoms with Crippen LogP contribution in [0, 0.1) is 11.3 Å². The molecule has 0 radical (unpaired) electrons. The van der Waals surface area contributed by atoms with Gasteiger partial charge in [0.15, 0.2) is 0 Å². The molecule has 0 bridgehead atoms. The van der Waals surface area contributed by atoms with Crippen LogP contribution in [-0.4, -0.2) is 44.2 Å². The first-order valence-corrected chi connectivity index (χ1v) is 7.16. The molecule has 2 atom stereocenters. The second kappa shape index (κ2) is 6.21. The van der Waals surface area contributed by atoms with E-state index in [2.05, 4.69) is 10.6 Å². The summed E-state index contributed by atoms with van der Waals surface area (Å²) in [6.45, 7) is -0.429. The molecule has 1 saturated carbocycles. The molecule has 2 amide bonds. The van der Waals surface area contributed by atoms with Crippen LogP contribution >= 0.6 is 0 Å². The molecule has 3 N–H and O–H groups in total. The van der Waals surface area contributed by atoms with Gasteiger partial charge in [-0.1, -0.05) is 12.8 Å². The lowest BCUT2D eigenvalue weighted by atomic mass is 9.67. The van der Waals surface area contributed by atoms with Gasteiger partial charge in [-0.2, -0.15) is 13.2 Å². The van der Waals surface area contributed by atoms with Crippen molar-refractivity contribution in [3.8, 4) is 0 Å². The van der Waals surface area contributed by atoms with Crippen molar-refractivity contribution in [2.24, 2.45) is 11.3 Å². The first-order valence-electron chi connectivity index (χ1n) is 7.16. The SMILES string of the molecule is O=C(CNC(=O)[C@@]12CCCC[C@H]1CNC2)NCC(F)(F)F. The van der Waals surface area contributed by atoms with Gasteiger partial charge in [0, 0.05) is 6.54 Å². The zero-order chi connectivity index (χ0) is 15.5. The van der Waals surface area contributed by atoms with Crippen molar-refractivity contribution in [1.82, 2.24) is 16.0 Å². The van der Waals surface area contributed by atoms with Gasteiger partial charge in [0.1, 0.15) is 6.54 Å². The zero-order valence-corrected chi connectivity index (χ0v) is 11.7. The number of halogens is 3. The van der Waals surface area contributed by atoms with Crippen LogP contribution in [0.3, 0.4) is 0 Å². The largest absolute Gasteiger partial charge is 0.405 e. The van der Waals surface area contributed by atoms with E-state index in [0.717, 1.165) is 32.2 Å². The molecule has 1 aliphatic carbocycles. The van der Waals surface area contributed by atoms with E-state index in [-0.39, 0.29) is 11.8 Å². The lowest BCUT2D eigenvalue weighted by Crippen LogP contribution is -2.50. The summed E-state index contributed by atoms with van der Waals surface area (Å²) in [4.78, 5) is 23.7. The van der Waals surface area contributed by atoms with E-state index in [0.29, 0.717) is 6.54 Å². The minimum Gasteiger partial charge on any atom is -0.347 e. The molecular formula is C13H20F3N3O2. The first-order chi connectivity index (χ1) is 9.83. The predicted octanol–water partition coefficient (Wildman–Crippen LogP) is 0.561. The maximum atomic E-state index is 12.4. The fourth-order valence-corrected chi connectivity index (χ4v) is 3.29. The molecule has 0 unspecified atom stereocenters. The molecule has 2 rings (SSSR count). The van der Waals surface area contributed by atoms with Crippen molar-refractivity contribution in [3.05, 3.63) is 0 Å². The number of rotatable bonds is 4. The Kier molecular flexibility index (Phi) is 4.75. The number of hydrogen-bond donors (Lipinski definition) is 3. The molecule has 2 aliphatic rings. The molecular weight excluding hydrogens is 287 g/mol. The number of amides is 2. The fraction of sp³-hybridized carbons (Fsp3) is 0.846. The van der Waals surface area contributed by atoms with Crippen molar-refractivity contribution >= 4 is 11.8 Å². The Labute approximate surface area is 121 Å². The van der Waals surface area contributed by atoms with Gasteiger partial charge < -0.3 is 16.0 Å². The lowest BCUT2D eigenvalue weighted by molar-refractivity contribution is -0.140. The summed E-state index contributed by atoms with van der Waals surface area (Å²) in [7, 11) is 0. The number of alkyl halides is 3. The summed E-state index contributed by atoms with van der Waals surface area (Å²) in [6, 6.07) is 0. The average Bonchev–Trinajstić information content (AvgIpc) is 2.86. The summed E-state index contributed by atoms with van der Waals surface area (Å²) in [5, 5.41) is 7.44. The molecule has 0 aromatic heterocycles. The van der Waals surface area contributed by atoms with E-state index in [4.69, 9.17) is 0 Å². The maximum absolute atomic E-state index is 12.4. The Morgan fingerprint density at radius 3 is 2.71 bits per heavy atom. The highest BCUT2D eigenvalue weighted by molar-refractivity contribution is 5.88. The molecule has 1 aliphatic heterocycles. The Morgan fingerprint density at radius 2 is 2.00 bits per heavy atom. The van der Waals surface area contributed by atoms with Gasteiger partial charge in [0.25, 0.3) is 0 Å². The van der Waals surface area contributed by atoms with Crippen LogP contribution in [0.15, 0.2) is 0 Å². The summed E-state index contributed by atoms with van der Waals surface area (Å²) in [5.41, 5.74) is -0.497. The zero-order valence-electron chi connectivity index (χ0n) is 11.7. The van der Waals surface area contributed by atoms with Crippen LogP contribution in [0.4, 0.5) is 13.2 Å². The molecule has 120 valence electrons. The molecule has 1 heterocycles. The highest BCUT2D eigenvalue weighted by atomic mass is 19.4. The smallest absolute Gasteiger partial charge is 0.347 e. The Balaban J connectivity index is 1.82. The van der Waals surface area contributed by atoms with E-state index in [1.165, 1.54) is 0 Å². The normalized spacial score (nSPS) is 28.8. The third kappa shape index (κ3) is 3.87. The number of nitrogens with one attached hydrogen (secondary N) is 3. The topological polar surface area (TPSA) is 70.2 Å². The van der Waals surface area contributed by atoms with Crippen LogP contribution in [0.5, 0.6) is 0 Å². The number of carbonyl (C=O) groups is 2. The number of hydrogen-bond acceptors (Lipinski definition) is 3. The average molecular weight is 307 g/mol. The molecule has 5 nitrogen and oxygen atoms in total. The highest BCUT2D eigenvalue weighted by Crippen LogP contribution is 2.43. The number of carbonyl (C=O) groups excluding carboxylic acids is 2. The van der Waals surface area contributed by atoms with Crippen LogP contribution in [0.2, 0.25) is 0 Å². The van der Waals surface area contributed by atoms with Crippen LogP contribution < -0.4 is 16.0 Å². The second-order valence-corrected chi connectivity index (χ2v) is 5.80. The third-order valence-electron chi connectivity index (χ3n) is 4.39. The van der Waals surface area contributed by atoms with E-state index in [9.17, 15) is 22.8 Å². The molecule has 0 aromatic rings. The van der Waals surface area contributed by atoms with Gasteiger partial charge in [-0.3, -0.25) is 9.59 Å². The molecule has 21 heavy (non-hydrogen) atoms. The molecule has 0 aromatic carbocycles. The van der Waals surface area contributed by atoms with Gasteiger partial charge in [0.2, 0.25) is 11.8 Å². The second-order valence-electron chi connectivity index (χ2n) is 5.80. The summed E-state index contributed by atoms with van der Waals surface area (Å²) >= 11 is 0. The van der Waals surface area contributed by atoms with Crippen molar-refractivity contribution in [2.75, 3.05) is 26.2 Å².